The number of hydrogen-bond acceptors (Lipinski definition) is 6. The van der Waals surface area contributed by atoms with Crippen LogP contribution < -0.4 is 5.32 Å². The average molecular weight is 380 g/mol. The number of oxazole rings is 1. The minimum atomic E-state index is -0.480. The van der Waals surface area contributed by atoms with Gasteiger partial charge in [-0.15, -0.1) is 11.8 Å². The number of aromatic nitrogens is 1. The summed E-state index contributed by atoms with van der Waals surface area (Å²) < 4.78 is 11.1. The van der Waals surface area contributed by atoms with E-state index in [1.165, 1.54) is 11.8 Å². The average Bonchev–Trinajstić information content (AvgIpc) is 3.07. The number of carbonyl (C=O) groups is 2. The normalized spacial score (nSPS) is 13.0. The quantitative estimate of drug-likeness (QED) is 0.688. The highest BCUT2D eigenvalue weighted by atomic mass is 32.2. The number of aryl methyl sites for hydroxylation is 1. The number of hydrogen-bond donors (Lipinski definition) is 1. The van der Waals surface area contributed by atoms with Crippen LogP contribution in [0.5, 0.6) is 0 Å². The number of rotatable bonds is 4. The van der Waals surface area contributed by atoms with E-state index in [0.717, 1.165) is 10.5 Å². The van der Waals surface area contributed by atoms with Crippen LogP contribution >= 0.6 is 11.8 Å². The summed E-state index contributed by atoms with van der Waals surface area (Å²) in [6.45, 7) is 1.80. The molecule has 6 nitrogen and oxygen atoms in total. The second kappa shape index (κ2) is 7.28. The van der Waals surface area contributed by atoms with Crippen molar-refractivity contribution in [3.63, 3.8) is 0 Å². The van der Waals surface area contributed by atoms with E-state index in [1.54, 1.807) is 19.1 Å². The maximum absolute atomic E-state index is 12.4. The third kappa shape index (κ3) is 3.73. The number of anilines is 1. The first-order valence-electron chi connectivity index (χ1n) is 8.36. The Hall–Kier alpha value is -3.06. The Balaban J connectivity index is 1.46. The molecular weight excluding hydrogens is 364 g/mol. The van der Waals surface area contributed by atoms with Crippen molar-refractivity contribution in [2.75, 3.05) is 11.1 Å². The van der Waals surface area contributed by atoms with E-state index in [1.807, 2.05) is 36.4 Å². The van der Waals surface area contributed by atoms with Gasteiger partial charge in [0.25, 0.3) is 0 Å². The molecular formula is C20H16N2O4S. The van der Waals surface area contributed by atoms with E-state index in [0.29, 0.717) is 34.3 Å². The van der Waals surface area contributed by atoms with Crippen LogP contribution in [0, 0.1) is 6.92 Å². The summed E-state index contributed by atoms with van der Waals surface area (Å²) in [5.41, 5.74) is 2.45. The first kappa shape index (κ1) is 17.4. The monoisotopic (exact) mass is 380 g/mol. The summed E-state index contributed by atoms with van der Waals surface area (Å²) >= 11 is 1.44. The van der Waals surface area contributed by atoms with Crippen LogP contribution in [0.25, 0.3) is 11.5 Å². The molecule has 4 rings (SSSR count). The summed E-state index contributed by atoms with van der Waals surface area (Å²) in [4.78, 5) is 29.2. The Morgan fingerprint density at radius 1 is 1.26 bits per heavy atom. The molecule has 7 heteroatoms. The summed E-state index contributed by atoms with van der Waals surface area (Å²) in [6.07, 6.45) is 0. The molecule has 0 saturated heterocycles. The van der Waals surface area contributed by atoms with Gasteiger partial charge in [-0.1, -0.05) is 18.2 Å². The van der Waals surface area contributed by atoms with Crippen molar-refractivity contribution < 1.29 is 18.7 Å². The lowest BCUT2D eigenvalue weighted by Gasteiger charge is -2.16. The van der Waals surface area contributed by atoms with Gasteiger partial charge in [0.1, 0.15) is 18.1 Å². The second-order valence-electron chi connectivity index (χ2n) is 6.01. The molecule has 0 spiro atoms. The highest BCUT2D eigenvalue weighted by molar-refractivity contribution is 8.00. The van der Waals surface area contributed by atoms with Crippen LogP contribution in [0.2, 0.25) is 0 Å². The highest BCUT2D eigenvalue weighted by Gasteiger charge is 2.19. The molecule has 27 heavy (non-hydrogen) atoms. The van der Waals surface area contributed by atoms with Gasteiger partial charge < -0.3 is 14.5 Å². The number of ether oxygens (including phenoxy) is 1. The first-order chi connectivity index (χ1) is 13.1. The Labute approximate surface area is 159 Å². The van der Waals surface area contributed by atoms with Crippen molar-refractivity contribution in [3.8, 4) is 11.5 Å². The SMILES string of the molecule is Cc1oc(-c2ccccc2)nc1COC(=O)c1ccc2c(c1)NC(=O)CS2. The molecule has 0 bridgehead atoms. The van der Waals surface area contributed by atoms with Crippen LogP contribution in [-0.4, -0.2) is 22.6 Å². The van der Waals surface area contributed by atoms with E-state index >= 15 is 0 Å². The van der Waals surface area contributed by atoms with Crippen LogP contribution in [0.4, 0.5) is 5.69 Å². The van der Waals surface area contributed by atoms with Crippen molar-refractivity contribution in [2.24, 2.45) is 0 Å². The fraction of sp³-hybridized carbons (Fsp3) is 0.150. The van der Waals surface area contributed by atoms with Gasteiger partial charge in [0.2, 0.25) is 11.8 Å². The molecule has 3 aromatic rings. The van der Waals surface area contributed by atoms with E-state index < -0.39 is 5.97 Å². The summed E-state index contributed by atoms with van der Waals surface area (Å²) in [6, 6.07) is 14.7. The fourth-order valence-corrected chi connectivity index (χ4v) is 3.48. The molecule has 0 fully saturated rings. The van der Waals surface area contributed by atoms with Crippen molar-refractivity contribution in [3.05, 3.63) is 65.5 Å². The number of amides is 1. The molecule has 2 aromatic carbocycles. The maximum Gasteiger partial charge on any atom is 0.338 e. The molecule has 2 heterocycles. The highest BCUT2D eigenvalue weighted by Crippen LogP contribution is 2.32. The smallest absolute Gasteiger partial charge is 0.338 e. The zero-order valence-electron chi connectivity index (χ0n) is 14.5. The number of benzene rings is 2. The molecule has 1 aliphatic heterocycles. The molecule has 1 amide bonds. The molecule has 1 aromatic heterocycles. The minimum absolute atomic E-state index is 0.0131. The lowest BCUT2D eigenvalue weighted by Crippen LogP contribution is -2.19. The number of nitrogens with zero attached hydrogens (tertiary/aromatic N) is 1. The molecule has 0 radical (unpaired) electrons. The van der Waals surface area contributed by atoms with Gasteiger partial charge in [-0.3, -0.25) is 4.79 Å². The van der Waals surface area contributed by atoms with Gasteiger partial charge in [0.15, 0.2) is 0 Å². The van der Waals surface area contributed by atoms with Gasteiger partial charge in [0.05, 0.1) is 17.0 Å². The second-order valence-corrected chi connectivity index (χ2v) is 7.03. The van der Waals surface area contributed by atoms with Crippen molar-refractivity contribution >= 4 is 29.3 Å². The lowest BCUT2D eigenvalue weighted by molar-refractivity contribution is -0.113. The number of fused-ring (bicyclic) bond motifs is 1. The summed E-state index contributed by atoms with van der Waals surface area (Å²) in [5, 5.41) is 2.76. The van der Waals surface area contributed by atoms with E-state index in [-0.39, 0.29) is 12.5 Å². The van der Waals surface area contributed by atoms with Gasteiger partial charge in [-0.2, -0.15) is 0 Å². The van der Waals surface area contributed by atoms with Gasteiger partial charge in [-0.05, 0) is 37.3 Å². The molecule has 1 N–H and O–H groups in total. The molecule has 0 aliphatic carbocycles. The van der Waals surface area contributed by atoms with E-state index in [4.69, 9.17) is 9.15 Å². The fourth-order valence-electron chi connectivity index (χ4n) is 2.69. The maximum atomic E-state index is 12.4. The van der Waals surface area contributed by atoms with Crippen molar-refractivity contribution in [1.82, 2.24) is 4.98 Å². The standard InChI is InChI=1S/C20H16N2O4S/c1-12-16(22-19(26-12)13-5-3-2-4-6-13)10-25-20(24)14-7-8-17-15(9-14)21-18(23)11-27-17/h2-9H,10-11H2,1H3,(H,21,23). The predicted octanol–water partition coefficient (Wildman–Crippen LogP) is 4.05. The van der Waals surface area contributed by atoms with Gasteiger partial charge >= 0.3 is 5.97 Å². The third-order valence-corrected chi connectivity index (χ3v) is 5.18. The van der Waals surface area contributed by atoms with Crippen LogP contribution in [0.1, 0.15) is 21.8 Å². The predicted molar refractivity (Wildman–Crippen MR) is 102 cm³/mol. The summed E-state index contributed by atoms with van der Waals surface area (Å²) in [7, 11) is 0. The molecule has 0 saturated carbocycles. The molecule has 0 atom stereocenters. The molecule has 0 unspecified atom stereocenters. The Morgan fingerprint density at radius 2 is 2.07 bits per heavy atom. The van der Waals surface area contributed by atoms with Crippen LogP contribution in [-0.2, 0) is 16.1 Å². The van der Waals surface area contributed by atoms with Crippen molar-refractivity contribution in [1.29, 1.82) is 0 Å². The van der Waals surface area contributed by atoms with E-state index in [9.17, 15) is 9.59 Å². The number of carbonyl (C=O) groups excluding carboxylic acids is 2. The van der Waals surface area contributed by atoms with Gasteiger partial charge in [0, 0.05) is 10.5 Å². The Bertz CT molecular complexity index is 1010. The zero-order chi connectivity index (χ0) is 18.8. The third-order valence-electron chi connectivity index (χ3n) is 4.10. The summed E-state index contributed by atoms with van der Waals surface area (Å²) in [5.74, 6) is 0.922. The Kier molecular flexibility index (Phi) is 4.68. The topological polar surface area (TPSA) is 81.4 Å². The number of nitrogens with one attached hydrogen (secondary N) is 1. The number of thioether (sulfide) groups is 1. The Morgan fingerprint density at radius 3 is 2.89 bits per heavy atom. The first-order valence-corrected chi connectivity index (χ1v) is 9.34. The van der Waals surface area contributed by atoms with Gasteiger partial charge in [-0.25, -0.2) is 9.78 Å². The van der Waals surface area contributed by atoms with Crippen LogP contribution in [0.3, 0.4) is 0 Å². The van der Waals surface area contributed by atoms with Crippen molar-refractivity contribution in [2.45, 2.75) is 18.4 Å². The molecule has 136 valence electrons. The zero-order valence-corrected chi connectivity index (χ0v) is 15.3. The van der Waals surface area contributed by atoms with Crippen LogP contribution in [0.15, 0.2) is 57.8 Å². The lowest BCUT2D eigenvalue weighted by atomic mass is 10.2. The largest absolute Gasteiger partial charge is 0.455 e. The molecule has 1 aliphatic rings. The van der Waals surface area contributed by atoms with E-state index in [2.05, 4.69) is 10.3 Å². The minimum Gasteiger partial charge on any atom is -0.455 e. The number of esters is 1.